The monoisotopic (exact) mass is 259 g/mol. The van der Waals surface area contributed by atoms with Gasteiger partial charge in [0.15, 0.2) is 0 Å². The van der Waals surface area contributed by atoms with Gasteiger partial charge in [0.25, 0.3) is 0 Å². The van der Waals surface area contributed by atoms with Crippen molar-refractivity contribution in [1.29, 1.82) is 0 Å². The highest BCUT2D eigenvalue weighted by molar-refractivity contribution is 6.31. The maximum Gasteiger partial charge on any atom is 0.0458 e. The van der Waals surface area contributed by atoms with Crippen molar-refractivity contribution in [2.75, 3.05) is 5.32 Å². The largest absolute Gasteiger partial charge is 0.381 e. The topological polar surface area (TPSA) is 12.0 Å². The van der Waals surface area contributed by atoms with Crippen LogP contribution in [0, 0.1) is 6.92 Å². The molecule has 1 N–H and O–H groups in total. The number of aryl methyl sites for hydroxylation is 2. The number of hydrogen-bond donors (Lipinski definition) is 1. The van der Waals surface area contributed by atoms with Crippen molar-refractivity contribution >= 4 is 17.3 Å². The fourth-order valence-electron chi connectivity index (χ4n) is 1.89. The lowest BCUT2D eigenvalue weighted by atomic mass is 10.1. The highest BCUT2D eigenvalue weighted by atomic mass is 35.5. The van der Waals surface area contributed by atoms with Gasteiger partial charge in [0, 0.05) is 17.3 Å². The Labute approximate surface area is 114 Å². The fraction of sp³-hybridized carbons (Fsp3) is 0.250. The zero-order valence-electron chi connectivity index (χ0n) is 10.8. The molecule has 0 saturated heterocycles. The summed E-state index contributed by atoms with van der Waals surface area (Å²) >= 11 is 6.21. The van der Waals surface area contributed by atoms with Gasteiger partial charge in [-0.05, 0) is 48.2 Å². The standard InChI is InChI=1S/C16H18ClN/c1-3-13-5-4-6-15(10-13)18-11-14-8-7-12(2)9-16(14)17/h4-10,18H,3,11H2,1-2H3. The van der Waals surface area contributed by atoms with Crippen molar-refractivity contribution < 1.29 is 0 Å². The van der Waals surface area contributed by atoms with Gasteiger partial charge in [-0.2, -0.15) is 0 Å². The first-order chi connectivity index (χ1) is 8.69. The van der Waals surface area contributed by atoms with E-state index in [0.717, 1.165) is 29.2 Å². The third-order valence-electron chi connectivity index (χ3n) is 3.03. The predicted octanol–water partition coefficient (Wildman–Crippen LogP) is 4.82. The molecule has 1 nitrogen and oxygen atoms in total. The molecular formula is C16H18ClN. The van der Waals surface area contributed by atoms with E-state index in [4.69, 9.17) is 11.6 Å². The maximum atomic E-state index is 6.21. The molecule has 0 aliphatic rings. The van der Waals surface area contributed by atoms with E-state index in [2.05, 4.69) is 48.6 Å². The first-order valence-corrected chi connectivity index (χ1v) is 6.64. The summed E-state index contributed by atoms with van der Waals surface area (Å²) in [4.78, 5) is 0. The molecule has 0 fully saturated rings. The lowest BCUT2D eigenvalue weighted by Gasteiger charge is -2.09. The van der Waals surface area contributed by atoms with Gasteiger partial charge < -0.3 is 5.32 Å². The third-order valence-corrected chi connectivity index (χ3v) is 3.38. The van der Waals surface area contributed by atoms with Crippen molar-refractivity contribution in [1.82, 2.24) is 0 Å². The van der Waals surface area contributed by atoms with Crippen molar-refractivity contribution in [3.05, 3.63) is 64.2 Å². The summed E-state index contributed by atoms with van der Waals surface area (Å²) in [5.41, 5.74) is 4.81. The lowest BCUT2D eigenvalue weighted by Crippen LogP contribution is -2.00. The van der Waals surface area contributed by atoms with Gasteiger partial charge in [-0.25, -0.2) is 0 Å². The van der Waals surface area contributed by atoms with E-state index < -0.39 is 0 Å². The summed E-state index contributed by atoms with van der Waals surface area (Å²) < 4.78 is 0. The van der Waals surface area contributed by atoms with Crippen LogP contribution in [-0.4, -0.2) is 0 Å². The van der Waals surface area contributed by atoms with E-state index in [9.17, 15) is 0 Å². The highest BCUT2D eigenvalue weighted by Gasteiger charge is 2.00. The van der Waals surface area contributed by atoms with Crippen LogP contribution in [0.1, 0.15) is 23.6 Å². The molecule has 0 saturated carbocycles. The normalized spacial score (nSPS) is 10.4. The van der Waals surface area contributed by atoms with Gasteiger partial charge in [0.2, 0.25) is 0 Å². The maximum absolute atomic E-state index is 6.21. The van der Waals surface area contributed by atoms with Crippen molar-refractivity contribution in [2.24, 2.45) is 0 Å². The lowest BCUT2D eigenvalue weighted by molar-refractivity contribution is 1.11. The van der Waals surface area contributed by atoms with E-state index in [1.807, 2.05) is 13.0 Å². The number of benzene rings is 2. The van der Waals surface area contributed by atoms with Crippen LogP contribution >= 0.6 is 11.6 Å². The molecule has 18 heavy (non-hydrogen) atoms. The summed E-state index contributed by atoms with van der Waals surface area (Å²) in [6.07, 6.45) is 1.06. The molecule has 2 aromatic carbocycles. The SMILES string of the molecule is CCc1cccc(NCc2ccc(C)cc2Cl)c1. The van der Waals surface area contributed by atoms with Crippen LogP contribution in [0.4, 0.5) is 5.69 Å². The molecule has 0 aromatic heterocycles. The Bertz CT molecular complexity index is 534. The van der Waals surface area contributed by atoms with E-state index in [1.54, 1.807) is 0 Å². The zero-order chi connectivity index (χ0) is 13.0. The number of hydrogen-bond acceptors (Lipinski definition) is 1. The molecule has 0 unspecified atom stereocenters. The summed E-state index contributed by atoms with van der Waals surface area (Å²) in [7, 11) is 0. The Kier molecular flexibility index (Phi) is 4.27. The number of halogens is 1. The Morgan fingerprint density at radius 1 is 1.11 bits per heavy atom. The van der Waals surface area contributed by atoms with Crippen molar-refractivity contribution in [3.63, 3.8) is 0 Å². The van der Waals surface area contributed by atoms with Crippen LogP contribution < -0.4 is 5.32 Å². The van der Waals surface area contributed by atoms with Gasteiger partial charge in [-0.15, -0.1) is 0 Å². The second-order valence-electron chi connectivity index (χ2n) is 4.50. The minimum absolute atomic E-state index is 0.756. The molecule has 2 heteroatoms. The van der Waals surface area contributed by atoms with Crippen molar-refractivity contribution in [3.8, 4) is 0 Å². The van der Waals surface area contributed by atoms with Crippen molar-refractivity contribution in [2.45, 2.75) is 26.8 Å². The average Bonchev–Trinajstić information content (AvgIpc) is 2.38. The Hall–Kier alpha value is -1.47. The molecule has 2 aromatic rings. The summed E-state index contributed by atoms with van der Waals surface area (Å²) in [6.45, 7) is 4.97. The quantitative estimate of drug-likeness (QED) is 0.830. The average molecular weight is 260 g/mol. The van der Waals surface area contributed by atoms with Crippen LogP contribution in [0.2, 0.25) is 5.02 Å². The van der Waals surface area contributed by atoms with Crippen LogP contribution in [-0.2, 0) is 13.0 Å². The van der Waals surface area contributed by atoms with Gasteiger partial charge in [0.1, 0.15) is 0 Å². The Balaban J connectivity index is 2.06. The molecule has 0 radical (unpaired) electrons. The smallest absolute Gasteiger partial charge is 0.0458 e. The first-order valence-electron chi connectivity index (χ1n) is 6.27. The molecule has 0 aliphatic heterocycles. The molecule has 94 valence electrons. The molecule has 2 rings (SSSR count). The van der Waals surface area contributed by atoms with Crippen LogP contribution in [0.3, 0.4) is 0 Å². The van der Waals surface area contributed by atoms with E-state index in [-0.39, 0.29) is 0 Å². The minimum atomic E-state index is 0.756. The Morgan fingerprint density at radius 2 is 1.94 bits per heavy atom. The molecule has 0 spiro atoms. The second kappa shape index (κ2) is 5.92. The third kappa shape index (κ3) is 3.27. The van der Waals surface area contributed by atoms with E-state index in [0.29, 0.717) is 0 Å². The molecule has 0 aliphatic carbocycles. The van der Waals surface area contributed by atoms with Gasteiger partial charge >= 0.3 is 0 Å². The van der Waals surface area contributed by atoms with E-state index in [1.165, 1.54) is 11.1 Å². The molecule has 0 amide bonds. The predicted molar refractivity (Wildman–Crippen MR) is 79.3 cm³/mol. The zero-order valence-corrected chi connectivity index (χ0v) is 11.6. The number of nitrogens with one attached hydrogen (secondary N) is 1. The second-order valence-corrected chi connectivity index (χ2v) is 4.91. The molecule has 0 bridgehead atoms. The minimum Gasteiger partial charge on any atom is -0.381 e. The highest BCUT2D eigenvalue weighted by Crippen LogP contribution is 2.19. The van der Waals surface area contributed by atoms with Crippen LogP contribution in [0.15, 0.2) is 42.5 Å². The molecule has 0 atom stereocenters. The molecule has 0 heterocycles. The fourth-order valence-corrected chi connectivity index (χ4v) is 2.20. The van der Waals surface area contributed by atoms with E-state index >= 15 is 0 Å². The summed E-state index contributed by atoms with van der Waals surface area (Å²) in [5, 5.41) is 4.24. The van der Waals surface area contributed by atoms with Gasteiger partial charge in [-0.3, -0.25) is 0 Å². The Morgan fingerprint density at radius 3 is 2.67 bits per heavy atom. The first kappa shape index (κ1) is 13.0. The van der Waals surface area contributed by atoms with Gasteiger partial charge in [0.05, 0.1) is 0 Å². The number of rotatable bonds is 4. The number of anilines is 1. The van der Waals surface area contributed by atoms with Gasteiger partial charge in [-0.1, -0.05) is 42.8 Å². The summed E-state index contributed by atoms with van der Waals surface area (Å²) in [5.74, 6) is 0. The summed E-state index contributed by atoms with van der Waals surface area (Å²) in [6, 6.07) is 14.7. The van der Waals surface area contributed by atoms with Crippen LogP contribution in [0.25, 0.3) is 0 Å². The molecular weight excluding hydrogens is 242 g/mol. The van der Waals surface area contributed by atoms with Crippen LogP contribution in [0.5, 0.6) is 0 Å².